The number of aliphatic hydroxyl groups excluding tert-OH is 2. The number of ether oxygens (including phenoxy) is 1. The van der Waals surface area contributed by atoms with E-state index in [0.29, 0.717) is 0 Å². The van der Waals surface area contributed by atoms with Crippen molar-refractivity contribution in [1.29, 1.82) is 0 Å². The van der Waals surface area contributed by atoms with Crippen molar-refractivity contribution in [2.45, 2.75) is 142 Å². The van der Waals surface area contributed by atoms with Crippen molar-refractivity contribution >= 4 is 28.2 Å². The van der Waals surface area contributed by atoms with E-state index in [-0.39, 0.29) is 59.7 Å². The summed E-state index contributed by atoms with van der Waals surface area (Å²) in [7, 11) is -4.54. The van der Waals surface area contributed by atoms with Gasteiger partial charge < -0.3 is 23.8 Å². The van der Waals surface area contributed by atoms with Gasteiger partial charge in [-0.1, -0.05) is 67.5 Å². The van der Waals surface area contributed by atoms with Gasteiger partial charge >= 0.3 is 0 Å². The summed E-state index contributed by atoms with van der Waals surface area (Å²) in [6.07, 6.45) is 1.53. The lowest BCUT2D eigenvalue weighted by atomic mass is 9.79. The molecule has 234 valence electrons. The number of epoxide rings is 1. The summed E-state index contributed by atoms with van der Waals surface area (Å²) in [6.45, 7) is 28.7. The molecular weight excluding hydrogens is 541 g/mol. The van der Waals surface area contributed by atoms with E-state index in [0.717, 1.165) is 0 Å². The zero-order chi connectivity index (χ0) is 31.5. The first-order valence-electron chi connectivity index (χ1n) is 15.0. The highest BCUT2D eigenvalue weighted by Crippen LogP contribution is 2.47. The molecular formula is C31H60O7Si2. The third kappa shape index (κ3) is 9.15. The van der Waals surface area contributed by atoms with Crippen molar-refractivity contribution in [3.8, 4) is 0 Å². The second kappa shape index (κ2) is 13.7. The van der Waals surface area contributed by atoms with Gasteiger partial charge in [0.05, 0.1) is 30.1 Å². The summed E-state index contributed by atoms with van der Waals surface area (Å²) in [5.41, 5.74) is -0.926. The zero-order valence-electron chi connectivity index (χ0n) is 27.9. The standard InChI is InChI=1S/C31H60O7Si2/c1-15-17-21(3)28-31(10,38-28)27(35)24(20-37-40(13,14)30(7,8)9)26(34)23(25(33)18-22(32)16-2)19-36-39(11,12)29(4,5)6/h15,17,21,23-25,27-28,33,35H,16,18-20H2,1-14H3/b17-15-/t21-,23+,24-,25-,27-,28+,31+/m0/s1. The highest BCUT2D eigenvalue weighted by molar-refractivity contribution is 6.74. The molecule has 1 saturated heterocycles. The Labute approximate surface area is 246 Å². The summed E-state index contributed by atoms with van der Waals surface area (Å²) in [6, 6.07) is 0. The molecule has 0 amide bonds. The predicted octanol–water partition coefficient (Wildman–Crippen LogP) is 6.29. The van der Waals surface area contributed by atoms with Gasteiger partial charge in [-0.2, -0.15) is 0 Å². The van der Waals surface area contributed by atoms with Gasteiger partial charge in [0, 0.05) is 32.0 Å². The van der Waals surface area contributed by atoms with Crippen LogP contribution in [0.1, 0.15) is 82.1 Å². The quantitative estimate of drug-likeness (QED) is 0.122. The number of allylic oxidation sites excluding steroid dienone is 1. The molecule has 0 unspecified atom stereocenters. The third-order valence-corrected chi connectivity index (χ3v) is 18.7. The fourth-order valence-electron chi connectivity index (χ4n) is 4.45. The minimum absolute atomic E-state index is 0.00717. The number of Topliss-reactive ketones (excluding diaryl/α,β-unsaturated/α-hetero) is 2. The molecule has 1 rings (SSSR count). The molecule has 1 aliphatic heterocycles. The summed E-state index contributed by atoms with van der Waals surface area (Å²) < 4.78 is 19.0. The van der Waals surface area contributed by atoms with Crippen molar-refractivity contribution in [2.75, 3.05) is 13.2 Å². The molecule has 40 heavy (non-hydrogen) atoms. The number of carbonyl (C=O) groups is 2. The molecule has 9 heteroatoms. The molecule has 7 nitrogen and oxygen atoms in total. The molecule has 1 fully saturated rings. The van der Waals surface area contributed by atoms with Gasteiger partial charge in [-0.25, -0.2) is 0 Å². The van der Waals surface area contributed by atoms with Crippen LogP contribution < -0.4 is 0 Å². The maximum atomic E-state index is 14.4. The van der Waals surface area contributed by atoms with Crippen LogP contribution in [-0.2, 0) is 23.2 Å². The summed E-state index contributed by atoms with van der Waals surface area (Å²) in [4.78, 5) is 26.7. The number of carbonyl (C=O) groups excluding carboxylic acids is 2. The van der Waals surface area contributed by atoms with E-state index in [4.69, 9.17) is 13.6 Å². The molecule has 1 heterocycles. The third-order valence-electron chi connectivity index (χ3n) is 9.72. The van der Waals surface area contributed by atoms with Crippen LogP contribution in [0.15, 0.2) is 12.2 Å². The molecule has 1 aliphatic rings. The minimum atomic E-state index is -2.27. The number of rotatable bonds is 16. The van der Waals surface area contributed by atoms with Crippen LogP contribution in [0.2, 0.25) is 36.3 Å². The molecule has 0 saturated carbocycles. The molecule has 2 N–H and O–H groups in total. The maximum absolute atomic E-state index is 14.4. The normalized spacial score (nSPS) is 24.4. The fourth-order valence-corrected chi connectivity index (χ4v) is 6.51. The Morgan fingerprint density at radius 3 is 1.80 bits per heavy atom. The number of hydrogen-bond donors (Lipinski definition) is 2. The average Bonchev–Trinajstić information content (AvgIpc) is 3.50. The lowest BCUT2D eigenvalue weighted by Gasteiger charge is -2.40. The second-order valence-corrected chi connectivity index (χ2v) is 24.6. The van der Waals surface area contributed by atoms with Crippen LogP contribution >= 0.6 is 0 Å². The zero-order valence-corrected chi connectivity index (χ0v) is 29.9. The topological polar surface area (TPSA) is 106 Å². The van der Waals surface area contributed by atoms with Gasteiger partial charge in [0.1, 0.15) is 17.2 Å². The lowest BCUT2D eigenvalue weighted by molar-refractivity contribution is -0.140. The van der Waals surface area contributed by atoms with E-state index >= 15 is 0 Å². The van der Waals surface area contributed by atoms with Crippen molar-refractivity contribution in [3.63, 3.8) is 0 Å². The van der Waals surface area contributed by atoms with Gasteiger partial charge in [0.15, 0.2) is 16.6 Å². The van der Waals surface area contributed by atoms with Crippen LogP contribution in [0, 0.1) is 17.8 Å². The van der Waals surface area contributed by atoms with Crippen LogP contribution in [0.3, 0.4) is 0 Å². The molecule has 7 atom stereocenters. The largest absolute Gasteiger partial charge is 0.416 e. The van der Waals surface area contributed by atoms with Crippen molar-refractivity contribution in [2.24, 2.45) is 17.8 Å². The minimum Gasteiger partial charge on any atom is -0.416 e. The van der Waals surface area contributed by atoms with Crippen LogP contribution in [0.4, 0.5) is 0 Å². The monoisotopic (exact) mass is 600 g/mol. The molecule has 0 spiro atoms. The average molecular weight is 601 g/mol. The summed E-state index contributed by atoms with van der Waals surface area (Å²) >= 11 is 0. The summed E-state index contributed by atoms with van der Waals surface area (Å²) in [5.74, 6) is -2.31. The fraction of sp³-hybridized carbons (Fsp3) is 0.871. The first kappa shape index (κ1) is 37.3. The van der Waals surface area contributed by atoms with Crippen LogP contribution in [0.25, 0.3) is 0 Å². The highest BCUT2D eigenvalue weighted by Gasteiger charge is 2.62. The number of ketones is 2. The highest BCUT2D eigenvalue weighted by atomic mass is 28.4. The Kier molecular flexibility index (Phi) is 12.8. The van der Waals surface area contributed by atoms with E-state index in [1.807, 2.05) is 32.9 Å². The Bertz CT molecular complexity index is 887. The molecule has 0 aromatic heterocycles. The van der Waals surface area contributed by atoms with E-state index in [2.05, 4.69) is 67.7 Å². The second-order valence-electron chi connectivity index (χ2n) is 15.0. The summed E-state index contributed by atoms with van der Waals surface area (Å²) in [5, 5.41) is 22.8. The smallest absolute Gasteiger partial charge is 0.192 e. The number of aliphatic hydroxyl groups is 2. The van der Waals surface area contributed by atoms with Gasteiger partial charge in [0.2, 0.25) is 0 Å². The molecule has 0 radical (unpaired) electrons. The Morgan fingerprint density at radius 2 is 1.40 bits per heavy atom. The Balaban J connectivity index is 3.46. The first-order chi connectivity index (χ1) is 18.0. The van der Waals surface area contributed by atoms with Crippen LogP contribution in [0.5, 0.6) is 0 Å². The van der Waals surface area contributed by atoms with E-state index in [9.17, 15) is 19.8 Å². The SMILES string of the molecule is C/C=C\[C@H](C)[C@H]1O[C@]1(C)[C@@H](O)[C@@H](CO[Si](C)(C)C(C)(C)C)C(=O)[C@H](CO[Si](C)(C)C(C)(C)C)[C@@H](O)CC(=O)CC. The van der Waals surface area contributed by atoms with Crippen molar-refractivity contribution < 1.29 is 33.4 Å². The van der Waals surface area contributed by atoms with Gasteiger partial charge in [-0.3, -0.25) is 9.59 Å². The lowest BCUT2D eigenvalue weighted by Crippen LogP contribution is -2.52. The van der Waals surface area contributed by atoms with Crippen molar-refractivity contribution in [3.05, 3.63) is 12.2 Å². The van der Waals surface area contributed by atoms with Gasteiger partial charge in [-0.05, 0) is 50.1 Å². The van der Waals surface area contributed by atoms with Gasteiger partial charge in [0.25, 0.3) is 0 Å². The van der Waals surface area contributed by atoms with E-state index in [1.165, 1.54) is 0 Å². The van der Waals surface area contributed by atoms with Gasteiger partial charge in [-0.15, -0.1) is 0 Å². The Hall–Kier alpha value is -0.686. The van der Waals surface area contributed by atoms with Crippen LogP contribution in [-0.4, -0.2) is 75.5 Å². The van der Waals surface area contributed by atoms with Crippen molar-refractivity contribution in [1.82, 2.24) is 0 Å². The molecule has 0 aromatic rings. The molecule has 0 aromatic carbocycles. The first-order valence-corrected chi connectivity index (χ1v) is 20.8. The van der Waals surface area contributed by atoms with E-state index in [1.54, 1.807) is 6.92 Å². The Morgan fingerprint density at radius 1 is 0.950 bits per heavy atom. The van der Waals surface area contributed by atoms with E-state index < -0.39 is 46.3 Å². The maximum Gasteiger partial charge on any atom is 0.192 e. The molecule has 0 aliphatic carbocycles. The number of hydrogen-bond acceptors (Lipinski definition) is 7. The molecule has 0 bridgehead atoms. The predicted molar refractivity (Wildman–Crippen MR) is 167 cm³/mol.